The number of ketones is 2. The molecule has 2 N–H and O–H groups in total. The summed E-state index contributed by atoms with van der Waals surface area (Å²) in [6.45, 7) is 1.58. The summed E-state index contributed by atoms with van der Waals surface area (Å²) in [6, 6.07) is 17.1. The molecule has 0 spiro atoms. The summed E-state index contributed by atoms with van der Waals surface area (Å²) < 4.78 is 0. The van der Waals surface area contributed by atoms with Gasteiger partial charge in [-0.25, -0.2) is 0 Å². The van der Waals surface area contributed by atoms with Gasteiger partial charge in [0.15, 0.2) is 11.5 Å². The lowest BCUT2D eigenvalue weighted by Crippen LogP contribution is -2.48. The van der Waals surface area contributed by atoms with E-state index >= 15 is 0 Å². The van der Waals surface area contributed by atoms with Gasteiger partial charge in [-0.05, 0) is 10.9 Å². The molecular formula is C24H29N2O4S+. The van der Waals surface area contributed by atoms with Gasteiger partial charge in [0, 0.05) is 24.0 Å². The Kier molecular flexibility index (Phi) is 9.97. The summed E-state index contributed by atoms with van der Waals surface area (Å²) in [6.07, 6.45) is 2.65. The Labute approximate surface area is 186 Å². The molecule has 0 heterocycles. The molecule has 0 radical (unpaired) electrons. The van der Waals surface area contributed by atoms with E-state index < -0.39 is 11.9 Å². The van der Waals surface area contributed by atoms with Crippen molar-refractivity contribution in [2.75, 3.05) is 24.3 Å². The monoisotopic (exact) mass is 451 g/mol. The highest BCUT2D eigenvalue weighted by Crippen LogP contribution is 2.07. The zero-order valence-corrected chi connectivity index (χ0v) is 18.7. The molecule has 2 atom stereocenters. The van der Waals surface area contributed by atoms with Crippen molar-refractivity contribution in [3.63, 3.8) is 0 Å². The minimum absolute atomic E-state index is 0.0680. The van der Waals surface area contributed by atoms with Crippen LogP contribution in [0.4, 0.5) is 0 Å². The molecule has 2 amide bonds. The lowest BCUT2D eigenvalue weighted by atomic mass is 10.2. The van der Waals surface area contributed by atoms with E-state index in [1.54, 1.807) is 43.3 Å². The lowest BCUT2D eigenvalue weighted by Gasteiger charge is -2.17. The van der Waals surface area contributed by atoms with Crippen LogP contribution in [-0.2, 0) is 20.5 Å². The lowest BCUT2D eigenvalue weighted by molar-refractivity contribution is -0.128. The van der Waals surface area contributed by atoms with Gasteiger partial charge in [0.05, 0.1) is 12.8 Å². The van der Waals surface area contributed by atoms with Gasteiger partial charge in [-0.15, -0.1) is 0 Å². The predicted molar refractivity (Wildman–Crippen MR) is 124 cm³/mol. The van der Waals surface area contributed by atoms with Crippen LogP contribution < -0.4 is 10.6 Å². The molecule has 2 aromatic carbocycles. The Hall–Kier alpha value is -2.93. The van der Waals surface area contributed by atoms with E-state index in [9.17, 15) is 19.2 Å². The van der Waals surface area contributed by atoms with E-state index in [4.69, 9.17) is 0 Å². The van der Waals surface area contributed by atoms with Crippen LogP contribution in [0, 0.1) is 0 Å². The van der Waals surface area contributed by atoms with Crippen LogP contribution in [0.15, 0.2) is 60.7 Å². The summed E-state index contributed by atoms with van der Waals surface area (Å²) in [5, 5.41) is 5.36. The Bertz CT molecular complexity index is 887. The van der Waals surface area contributed by atoms with Crippen LogP contribution >= 0.6 is 0 Å². The van der Waals surface area contributed by atoms with Gasteiger partial charge in [-0.1, -0.05) is 67.6 Å². The molecule has 0 aliphatic heterocycles. The Morgan fingerprint density at radius 1 is 0.871 bits per heavy atom. The molecular weight excluding hydrogens is 422 g/mol. The normalized spacial score (nSPS) is 12.5. The molecule has 31 heavy (non-hydrogen) atoms. The predicted octanol–water partition coefficient (Wildman–Crippen LogP) is 2.40. The summed E-state index contributed by atoms with van der Waals surface area (Å²) in [5.41, 5.74) is 1.20. The van der Waals surface area contributed by atoms with Crippen LogP contribution in [0.3, 0.4) is 0 Å². The minimum atomic E-state index is -0.738. The van der Waals surface area contributed by atoms with Gasteiger partial charge >= 0.3 is 0 Å². The average molecular weight is 451 g/mol. The van der Waals surface area contributed by atoms with Crippen molar-refractivity contribution in [1.29, 1.82) is 0 Å². The van der Waals surface area contributed by atoms with Crippen molar-refractivity contribution in [3.05, 3.63) is 71.8 Å². The van der Waals surface area contributed by atoms with Crippen molar-refractivity contribution in [2.45, 2.75) is 25.8 Å². The fourth-order valence-corrected chi connectivity index (χ4v) is 4.30. The second-order valence-corrected chi connectivity index (χ2v) is 9.45. The Balaban J connectivity index is 1.89. The quantitative estimate of drug-likeness (QED) is 0.295. The standard InChI is InChI=1S/C24H28N2O4S/c1-3-23(29)26-20(24(30)25-16-21(27)18-10-6-4-7-11-18)14-15-31(2)17-22(28)19-12-8-5-9-13-19/h4-13,20H,3,14-17H2,1-2H3,(H-,25,26,29,30)/p+1/i4+1,6+1,7+1,10+1,11+1,16+1,18+1,21+1,22+1,23+1. The van der Waals surface area contributed by atoms with Crippen LogP contribution in [-0.4, -0.2) is 53.7 Å². The third kappa shape index (κ3) is 8.38. The van der Waals surface area contributed by atoms with Gasteiger partial charge < -0.3 is 10.6 Å². The fraction of sp³-hybridized carbons (Fsp3) is 0.333. The smallest absolute Gasteiger partial charge is 0.243 e. The maximum atomic E-state index is 12.6. The van der Waals surface area contributed by atoms with Crippen molar-refractivity contribution < 1.29 is 19.2 Å². The first-order valence-corrected chi connectivity index (χ1v) is 12.2. The van der Waals surface area contributed by atoms with Gasteiger partial charge in [-0.3, -0.25) is 19.2 Å². The van der Waals surface area contributed by atoms with E-state index in [-0.39, 0.29) is 41.3 Å². The maximum absolute atomic E-state index is 12.6. The van der Waals surface area contributed by atoms with Crippen molar-refractivity contribution >= 4 is 34.3 Å². The molecule has 0 saturated carbocycles. The molecule has 2 aromatic rings. The maximum Gasteiger partial charge on any atom is 0.243 e. The van der Waals surface area contributed by atoms with Crippen LogP contribution in [0.2, 0.25) is 0 Å². The topological polar surface area (TPSA) is 92.3 Å². The molecule has 0 bridgehead atoms. The largest absolute Gasteiger partial charge is 0.347 e. The number of carbonyl (C=O) groups is 4. The molecule has 0 fully saturated rings. The molecule has 0 aliphatic rings. The van der Waals surface area contributed by atoms with Crippen LogP contribution in [0.5, 0.6) is 0 Å². The first-order valence-electron chi connectivity index (χ1n) is 10.2. The van der Waals surface area contributed by atoms with Crippen molar-refractivity contribution in [3.8, 4) is 0 Å². The summed E-state index contributed by atoms with van der Waals surface area (Å²) >= 11 is 0. The molecule has 6 nitrogen and oxygen atoms in total. The Morgan fingerprint density at radius 3 is 1.97 bits per heavy atom. The number of carbonyl (C=O) groups excluding carboxylic acids is 4. The van der Waals surface area contributed by atoms with Crippen molar-refractivity contribution in [1.82, 2.24) is 10.6 Å². The fourth-order valence-electron chi connectivity index (χ4n) is 2.90. The highest BCUT2D eigenvalue weighted by Gasteiger charge is 2.25. The average Bonchev–Trinajstić information content (AvgIpc) is 2.80. The number of Topliss-reactive ketones (excluding diaryl/α,β-unsaturated/α-hetero) is 2. The zero-order chi connectivity index (χ0) is 22.6. The second-order valence-electron chi connectivity index (χ2n) is 7.19. The second kappa shape index (κ2) is 12.7. The van der Waals surface area contributed by atoms with Gasteiger partial charge in [-0.2, -0.15) is 0 Å². The zero-order valence-electron chi connectivity index (χ0n) is 17.9. The number of nitrogens with one attached hydrogen (secondary N) is 2. The minimum Gasteiger partial charge on any atom is -0.347 e. The molecule has 2 unspecified atom stereocenters. The number of hydrogen-bond acceptors (Lipinski definition) is 4. The van der Waals surface area contributed by atoms with Gasteiger partial charge in [0.1, 0.15) is 11.8 Å². The van der Waals surface area contributed by atoms with Crippen molar-refractivity contribution in [2.24, 2.45) is 0 Å². The SMILES string of the molecule is CC[13C](=O)NC(CC[S+](C)C[13C](=O)c1ccccc1)C(=O)N[13CH2][13C](=O)[13c]1[13cH][13cH][13cH][13cH][13cH]1. The van der Waals surface area contributed by atoms with E-state index in [1.165, 1.54) is 0 Å². The molecule has 2 rings (SSSR count). The number of rotatable bonds is 12. The highest BCUT2D eigenvalue weighted by molar-refractivity contribution is 7.96. The van der Waals surface area contributed by atoms with Crippen LogP contribution in [0.25, 0.3) is 0 Å². The van der Waals surface area contributed by atoms with E-state index in [2.05, 4.69) is 10.6 Å². The number of hydrogen-bond donors (Lipinski definition) is 2. The van der Waals surface area contributed by atoms with Crippen LogP contribution in [0.1, 0.15) is 40.5 Å². The van der Waals surface area contributed by atoms with E-state index in [0.29, 0.717) is 29.1 Å². The first kappa shape index (κ1) is 24.3. The van der Waals surface area contributed by atoms with E-state index in [0.717, 1.165) is 0 Å². The molecule has 7 heteroatoms. The molecule has 164 valence electrons. The third-order valence-electron chi connectivity index (χ3n) is 4.72. The van der Waals surface area contributed by atoms with E-state index in [1.807, 2.05) is 30.5 Å². The van der Waals surface area contributed by atoms with Gasteiger partial charge in [0.25, 0.3) is 0 Å². The highest BCUT2D eigenvalue weighted by atomic mass is 32.2. The number of benzene rings is 2. The molecule has 0 saturated heterocycles. The molecule has 0 aliphatic carbocycles. The molecule has 0 aromatic heterocycles. The first-order chi connectivity index (χ1) is 14.9. The van der Waals surface area contributed by atoms with Gasteiger partial charge in [0.2, 0.25) is 17.6 Å². The Morgan fingerprint density at radius 2 is 1.42 bits per heavy atom. The number of amides is 2. The summed E-state index contributed by atoms with van der Waals surface area (Å²) in [5.74, 6) is 0.264. The summed E-state index contributed by atoms with van der Waals surface area (Å²) in [7, 11) is -0.245. The summed E-state index contributed by atoms with van der Waals surface area (Å²) in [4.78, 5) is 49.2. The third-order valence-corrected chi connectivity index (χ3v) is 6.41.